The first-order valence-corrected chi connectivity index (χ1v) is 5.77. The molecule has 0 N–H and O–H groups in total. The molecule has 3 heteroatoms. The second kappa shape index (κ2) is 3.12. The lowest BCUT2D eigenvalue weighted by Crippen LogP contribution is -2.25. The predicted octanol–water partition coefficient (Wildman–Crippen LogP) is 2.57. The molecule has 0 amide bonds. The van der Waals surface area contributed by atoms with Gasteiger partial charge in [0.25, 0.3) is 0 Å². The highest BCUT2D eigenvalue weighted by molar-refractivity contribution is 9.09. The summed E-state index contributed by atoms with van der Waals surface area (Å²) in [6.07, 6.45) is 3.40. The Bertz CT molecular complexity index is 283. The lowest BCUT2D eigenvalue weighted by Gasteiger charge is -2.22. The van der Waals surface area contributed by atoms with E-state index in [4.69, 9.17) is 4.74 Å². The highest BCUT2D eigenvalue weighted by Crippen LogP contribution is 2.40. The third-order valence-corrected chi connectivity index (χ3v) is 3.87. The monoisotopic (exact) mass is 244 g/mol. The smallest absolute Gasteiger partial charge is 0.162 e. The van der Waals surface area contributed by atoms with E-state index < -0.39 is 0 Å². The van der Waals surface area contributed by atoms with Gasteiger partial charge in [-0.25, -0.2) is 0 Å². The minimum absolute atomic E-state index is 0.176. The minimum Gasteiger partial charge on any atom is -0.490 e. The van der Waals surface area contributed by atoms with Gasteiger partial charge < -0.3 is 4.74 Å². The third kappa shape index (κ3) is 1.54. The molecule has 0 spiro atoms. The molecule has 1 aliphatic heterocycles. The van der Waals surface area contributed by atoms with E-state index in [0.29, 0.717) is 12.2 Å². The topological polar surface area (TPSA) is 26.3 Å². The summed E-state index contributed by atoms with van der Waals surface area (Å²) in [5.41, 5.74) is 0.776. The van der Waals surface area contributed by atoms with Crippen LogP contribution in [0.4, 0.5) is 0 Å². The summed E-state index contributed by atoms with van der Waals surface area (Å²) in [5, 5.41) is 0.792. The van der Waals surface area contributed by atoms with Crippen molar-refractivity contribution in [1.29, 1.82) is 0 Å². The van der Waals surface area contributed by atoms with Gasteiger partial charge in [0.05, 0.1) is 0 Å². The van der Waals surface area contributed by atoms with E-state index in [1.807, 2.05) is 6.92 Å². The number of alkyl halides is 1. The van der Waals surface area contributed by atoms with Crippen molar-refractivity contribution in [3.8, 4) is 0 Å². The molecule has 0 fully saturated rings. The Labute approximate surface area is 86.5 Å². The summed E-state index contributed by atoms with van der Waals surface area (Å²) in [6.45, 7) is 2.05. The molecule has 13 heavy (non-hydrogen) atoms. The average Bonchev–Trinajstić information content (AvgIpc) is 2.45. The van der Waals surface area contributed by atoms with E-state index in [1.54, 1.807) is 0 Å². The maximum absolute atomic E-state index is 11.5. The van der Waals surface area contributed by atoms with Crippen LogP contribution in [-0.2, 0) is 9.53 Å². The fraction of sp³-hybridized carbons (Fsp3) is 0.700. The van der Waals surface area contributed by atoms with Crippen molar-refractivity contribution in [2.45, 2.75) is 38.2 Å². The van der Waals surface area contributed by atoms with Gasteiger partial charge in [0.15, 0.2) is 5.78 Å². The lowest BCUT2D eigenvalue weighted by molar-refractivity contribution is -0.116. The van der Waals surface area contributed by atoms with E-state index in [2.05, 4.69) is 15.9 Å². The van der Waals surface area contributed by atoms with Crippen LogP contribution in [0.2, 0.25) is 0 Å². The maximum atomic E-state index is 11.5. The Hall–Kier alpha value is -0.310. The second-order valence-electron chi connectivity index (χ2n) is 4.04. The Kier molecular flexibility index (Phi) is 2.22. The lowest BCUT2D eigenvalue weighted by atomic mass is 9.92. The van der Waals surface area contributed by atoms with Crippen molar-refractivity contribution in [3.63, 3.8) is 0 Å². The molecule has 0 aromatic heterocycles. The molecule has 1 atom stereocenters. The highest BCUT2D eigenvalue weighted by Gasteiger charge is 2.39. The molecular formula is C10H13BrO2. The van der Waals surface area contributed by atoms with Crippen molar-refractivity contribution in [2.75, 3.05) is 5.33 Å². The van der Waals surface area contributed by atoms with Gasteiger partial charge in [0.1, 0.15) is 11.4 Å². The molecule has 0 aromatic carbocycles. The largest absolute Gasteiger partial charge is 0.490 e. The van der Waals surface area contributed by atoms with Gasteiger partial charge in [-0.3, -0.25) is 4.79 Å². The van der Waals surface area contributed by atoms with Gasteiger partial charge in [0, 0.05) is 30.2 Å². The normalized spacial score (nSPS) is 33.2. The fourth-order valence-corrected chi connectivity index (χ4v) is 2.27. The quantitative estimate of drug-likeness (QED) is 0.663. The number of Topliss-reactive ketones (excluding diaryl/α,β-unsaturated/α-hetero) is 1. The first-order valence-electron chi connectivity index (χ1n) is 4.65. The zero-order chi connectivity index (χ0) is 9.47. The summed E-state index contributed by atoms with van der Waals surface area (Å²) in [7, 11) is 0. The van der Waals surface area contributed by atoms with E-state index in [9.17, 15) is 4.79 Å². The number of hydrogen-bond donors (Lipinski definition) is 0. The average molecular weight is 245 g/mol. The molecule has 0 radical (unpaired) electrons. The van der Waals surface area contributed by atoms with E-state index in [0.717, 1.165) is 35.9 Å². The van der Waals surface area contributed by atoms with Gasteiger partial charge >= 0.3 is 0 Å². The van der Waals surface area contributed by atoms with Gasteiger partial charge in [-0.05, 0) is 13.3 Å². The molecule has 2 aliphatic rings. The van der Waals surface area contributed by atoms with Gasteiger partial charge in [-0.2, -0.15) is 0 Å². The Morgan fingerprint density at radius 1 is 1.54 bits per heavy atom. The molecule has 0 saturated heterocycles. The molecule has 1 heterocycles. The third-order valence-electron chi connectivity index (χ3n) is 2.68. The molecular weight excluding hydrogens is 232 g/mol. The molecule has 2 nitrogen and oxygen atoms in total. The fourth-order valence-electron chi connectivity index (χ4n) is 1.96. The number of halogens is 1. The molecule has 2 rings (SSSR count). The number of ketones is 1. The Morgan fingerprint density at radius 3 is 2.92 bits per heavy atom. The molecule has 1 unspecified atom stereocenters. The van der Waals surface area contributed by atoms with Crippen LogP contribution in [0.3, 0.4) is 0 Å². The second-order valence-corrected chi connectivity index (χ2v) is 4.60. The van der Waals surface area contributed by atoms with E-state index >= 15 is 0 Å². The van der Waals surface area contributed by atoms with Gasteiger partial charge in [-0.1, -0.05) is 15.9 Å². The zero-order valence-electron chi connectivity index (χ0n) is 7.73. The summed E-state index contributed by atoms with van der Waals surface area (Å²) in [4.78, 5) is 11.5. The first-order chi connectivity index (χ1) is 6.14. The summed E-state index contributed by atoms with van der Waals surface area (Å²) >= 11 is 3.42. The van der Waals surface area contributed by atoms with E-state index in [1.165, 1.54) is 0 Å². The maximum Gasteiger partial charge on any atom is 0.162 e. The molecule has 0 saturated carbocycles. The molecule has 72 valence electrons. The Morgan fingerprint density at radius 2 is 2.31 bits per heavy atom. The number of carbonyl (C=O) groups excluding carboxylic acids is 1. The van der Waals surface area contributed by atoms with Crippen LogP contribution in [0, 0.1) is 0 Å². The van der Waals surface area contributed by atoms with Crippen molar-refractivity contribution in [1.82, 2.24) is 0 Å². The standard InChI is InChI=1S/C10H13BrO2/c1-10(6-11)5-7-8(12)3-2-4-9(7)13-10/h2-6H2,1H3. The van der Waals surface area contributed by atoms with Gasteiger partial charge in [-0.15, -0.1) is 0 Å². The molecule has 0 bridgehead atoms. The van der Waals surface area contributed by atoms with E-state index in [-0.39, 0.29) is 5.60 Å². The van der Waals surface area contributed by atoms with Crippen LogP contribution in [0.25, 0.3) is 0 Å². The van der Waals surface area contributed by atoms with Crippen molar-refractivity contribution in [2.24, 2.45) is 0 Å². The van der Waals surface area contributed by atoms with Crippen molar-refractivity contribution >= 4 is 21.7 Å². The number of ether oxygens (including phenoxy) is 1. The highest BCUT2D eigenvalue weighted by atomic mass is 79.9. The predicted molar refractivity (Wildman–Crippen MR) is 53.8 cm³/mol. The van der Waals surface area contributed by atoms with Crippen LogP contribution in [0.5, 0.6) is 0 Å². The van der Waals surface area contributed by atoms with Crippen LogP contribution >= 0.6 is 15.9 Å². The summed E-state index contributed by atoms with van der Waals surface area (Å²) < 4.78 is 5.78. The van der Waals surface area contributed by atoms with Crippen LogP contribution in [0.15, 0.2) is 11.3 Å². The Balaban J connectivity index is 2.22. The van der Waals surface area contributed by atoms with Crippen LogP contribution in [-0.4, -0.2) is 16.7 Å². The first kappa shape index (κ1) is 9.25. The zero-order valence-corrected chi connectivity index (χ0v) is 9.32. The SMILES string of the molecule is CC1(CBr)CC2=C(CCCC2=O)O1. The number of hydrogen-bond acceptors (Lipinski definition) is 2. The van der Waals surface area contributed by atoms with Crippen molar-refractivity contribution in [3.05, 3.63) is 11.3 Å². The van der Waals surface area contributed by atoms with Crippen LogP contribution < -0.4 is 0 Å². The van der Waals surface area contributed by atoms with Crippen LogP contribution in [0.1, 0.15) is 32.6 Å². The van der Waals surface area contributed by atoms with Gasteiger partial charge in [0.2, 0.25) is 0 Å². The number of rotatable bonds is 1. The summed E-state index contributed by atoms with van der Waals surface area (Å²) in [5.74, 6) is 1.25. The summed E-state index contributed by atoms with van der Waals surface area (Å²) in [6, 6.07) is 0. The van der Waals surface area contributed by atoms with Crippen molar-refractivity contribution < 1.29 is 9.53 Å². The minimum atomic E-state index is -0.176. The number of carbonyl (C=O) groups is 1. The molecule has 0 aromatic rings. The molecule has 1 aliphatic carbocycles. The number of allylic oxidation sites excluding steroid dienone is 1.